The van der Waals surface area contributed by atoms with Crippen LogP contribution in [0.25, 0.3) is 0 Å². The van der Waals surface area contributed by atoms with Crippen molar-refractivity contribution in [2.24, 2.45) is 0 Å². The first-order valence-electron chi connectivity index (χ1n) is 4.39. The van der Waals surface area contributed by atoms with Crippen molar-refractivity contribution in [3.05, 3.63) is 52.9 Å². The Kier molecular flexibility index (Phi) is 2.97. The van der Waals surface area contributed by atoms with Gasteiger partial charge in [0.05, 0.1) is 0 Å². The fourth-order valence-electron chi connectivity index (χ4n) is 1.16. The van der Waals surface area contributed by atoms with Crippen LogP contribution in [0.1, 0.15) is 0 Å². The fourth-order valence-corrected chi connectivity index (χ4v) is 1.47. The van der Waals surface area contributed by atoms with Crippen LogP contribution in [0.2, 0.25) is 0 Å². The van der Waals surface area contributed by atoms with Gasteiger partial charge in [-0.15, -0.1) is 0 Å². The Morgan fingerprint density at radius 3 is 2.60 bits per heavy atom. The molecule has 0 aliphatic carbocycles. The van der Waals surface area contributed by atoms with E-state index in [0.717, 1.165) is 5.69 Å². The number of pyridine rings is 1. The van der Waals surface area contributed by atoms with Crippen LogP contribution in [-0.4, -0.2) is 4.98 Å². The van der Waals surface area contributed by atoms with Gasteiger partial charge in [0, 0.05) is 16.4 Å². The molecular weight excluding hydrogens is 259 g/mol. The molecule has 1 N–H and O–H groups in total. The van der Waals surface area contributed by atoms with E-state index in [4.69, 9.17) is 0 Å². The zero-order valence-corrected chi connectivity index (χ0v) is 9.33. The summed E-state index contributed by atoms with van der Waals surface area (Å²) in [7, 11) is 0. The highest BCUT2D eigenvalue weighted by Crippen LogP contribution is 2.19. The summed E-state index contributed by atoms with van der Waals surface area (Å²) in [6, 6.07) is 10.7. The topological polar surface area (TPSA) is 24.9 Å². The number of nitrogens with zero attached hydrogens (tertiary/aromatic N) is 1. The monoisotopic (exact) mass is 266 g/mol. The second kappa shape index (κ2) is 4.40. The van der Waals surface area contributed by atoms with Gasteiger partial charge in [-0.1, -0.05) is 18.2 Å². The first-order chi connectivity index (χ1) is 7.25. The number of rotatable bonds is 2. The molecule has 0 spiro atoms. The van der Waals surface area contributed by atoms with E-state index in [-0.39, 0.29) is 11.6 Å². The molecule has 0 aliphatic rings. The molecule has 1 heterocycles. The molecule has 2 nitrogen and oxygen atoms in total. The molecule has 1 aromatic carbocycles. The smallest absolute Gasteiger partial charge is 0.166 e. The Morgan fingerprint density at radius 1 is 1.20 bits per heavy atom. The van der Waals surface area contributed by atoms with Gasteiger partial charge in [0.2, 0.25) is 0 Å². The summed E-state index contributed by atoms with van der Waals surface area (Å²) in [5.41, 5.74) is 0.811. The largest absolute Gasteiger partial charge is 0.338 e. The molecule has 4 heteroatoms. The Bertz CT molecular complexity index is 459. The zero-order valence-electron chi connectivity index (χ0n) is 7.74. The normalized spacial score (nSPS) is 10.0. The summed E-state index contributed by atoms with van der Waals surface area (Å²) in [4.78, 5) is 3.94. The van der Waals surface area contributed by atoms with E-state index >= 15 is 0 Å². The van der Waals surface area contributed by atoms with E-state index in [2.05, 4.69) is 26.2 Å². The predicted molar refractivity (Wildman–Crippen MR) is 61.6 cm³/mol. The van der Waals surface area contributed by atoms with Gasteiger partial charge in [-0.05, 0) is 34.1 Å². The minimum atomic E-state index is -0.381. The summed E-state index contributed by atoms with van der Waals surface area (Å²) in [6.07, 6.45) is 1.55. The van der Waals surface area contributed by atoms with Crippen LogP contribution in [0, 0.1) is 5.82 Å². The number of hydrogen-bond donors (Lipinski definition) is 1. The number of halogens is 2. The molecule has 0 amide bonds. The SMILES string of the molecule is Fc1cc(Br)cnc1Nc1ccccc1. The fraction of sp³-hybridized carbons (Fsp3) is 0. The number of benzene rings is 1. The zero-order chi connectivity index (χ0) is 10.7. The molecule has 0 saturated heterocycles. The Hall–Kier alpha value is -1.42. The van der Waals surface area contributed by atoms with Gasteiger partial charge in [-0.25, -0.2) is 9.37 Å². The maximum atomic E-state index is 13.4. The van der Waals surface area contributed by atoms with Gasteiger partial charge in [0.25, 0.3) is 0 Å². The molecule has 76 valence electrons. The molecule has 0 saturated carbocycles. The van der Waals surface area contributed by atoms with Gasteiger partial charge < -0.3 is 5.32 Å². The van der Waals surface area contributed by atoms with Crippen molar-refractivity contribution in [1.82, 2.24) is 4.98 Å². The first kappa shape index (κ1) is 10.1. The highest BCUT2D eigenvalue weighted by atomic mass is 79.9. The van der Waals surface area contributed by atoms with E-state index in [0.29, 0.717) is 4.47 Å². The van der Waals surface area contributed by atoms with Crippen LogP contribution in [0.15, 0.2) is 47.1 Å². The van der Waals surface area contributed by atoms with Gasteiger partial charge in [-0.2, -0.15) is 0 Å². The summed E-state index contributed by atoms with van der Waals surface area (Å²) in [5.74, 6) is -0.155. The molecule has 15 heavy (non-hydrogen) atoms. The third-order valence-corrected chi connectivity index (χ3v) is 2.28. The Balaban J connectivity index is 2.25. The van der Waals surface area contributed by atoms with Crippen molar-refractivity contribution >= 4 is 27.4 Å². The van der Waals surface area contributed by atoms with Crippen molar-refractivity contribution < 1.29 is 4.39 Å². The predicted octanol–water partition coefficient (Wildman–Crippen LogP) is 3.73. The molecule has 0 bridgehead atoms. The molecule has 2 rings (SSSR count). The van der Waals surface area contributed by atoms with Gasteiger partial charge >= 0.3 is 0 Å². The average molecular weight is 267 g/mol. The van der Waals surface area contributed by atoms with Gasteiger partial charge in [0.1, 0.15) is 0 Å². The van der Waals surface area contributed by atoms with E-state index in [1.54, 1.807) is 6.20 Å². The van der Waals surface area contributed by atoms with Crippen molar-refractivity contribution in [2.75, 3.05) is 5.32 Å². The van der Waals surface area contributed by atoms with Crippen LogP contribution in [0.4, 0.5) is 15.9 Å². The van der Waals surface area contributed by atoms with Crippen molar-refractivity contribution in [3.8, 4) is 0 Å². The van der Waals surface area contributed by atoms with E-state index in [1.165, 1.54) is 6.07 Å². The lowest BCUT2D eigenvalue weighted by Crippen LogP contribution is -1.96. The minimum absolute atomic E-state index is 0.226. The van der Waals surface area contributed by atoms with Crippen LogP contribution in [-0.2, 0) is 0 Å². The van der Waals surface area contributed by atoms with Crippen LogP contribution >= 0.6 is 15.9 Å². The molecule has 0 radical (unpaired) electrons. The Labute approximate surface area is 95.3 Å². The van der Waals surface area contributed by atoms with Crippen LogP contribution < -0.4 is 5.32 Å². The molecule has 1 aromatic heterocycles. The summed E-state index contributed by atoms with van der Waals surface area (Å²) < 4.78 is 14.0. The van der Waals surface area contributed by atoms with E-state index in [1.807, 2.05) is 30.3 Å². The number of anilines is 2. The summed E-state index contributed by atoms with van der Waals surface area (Å²) in [6.45, 7) is 0. The van der Waals surface area contributed by atoms with Crippen molar-refractivity contribution in [1.29, 1.82) is 0 Å². The third kappa shape index (κ3) is 2.53. The van der Waals surface area contributed by atoms with Gasteiger partial charge in [-0.3, -0.25) is 0 Å². The standard InChI is InChI=1S/C11H8BrFN2/c12-8-6-10(13)11(14-7-8)15-9-4-2-1-3-5-9/h1-7H,(H,14,15). The molecule has 0 atom stereocenters. The highest BCUT2D eigenvalue weighted by Gasteiger charge is 2.03. The summed E-state index contributed by atoms with van der Waals surface area (Å²) in [5, 5.41) is 2.89. The van der Waals surface area contributed by atoms with Crippen LogP contribution in [0.3, 0.4) is 0 Å². The summed E-state index contributed by atoms with van der Waals surface area (Å²) >= 11 is 3.15. The lowest BCUT2D eigenvalue weighted by Gasteiger charge is -2.05. The lowest BCUT2D eigenvalue weighted by atomic mass is 10.3. The lowest BCUT2D eigenvalue weighted by molar-refractivity contribution is 0.625. The van der Waals surface area contributed by atoms with Crippen LogP contribution in [0.5, 0.6) is 0 Å². The van der Waals surface area contributed by atoms with E-state index in [9.17, 15) is 4.39 Å². The molecule has 0 unspecified atom stereocenters. The van der Waals surface area contributed by atoms with Crippen molar-refractivity contribution in [2.45, 2.75) is 0 Å². The Morgan fingerprint density at radius 2 is 1.93 bits per heavy atom. The maximum Gasteiger partial charge on any atom is 0.166 e. The number of nitrogens with one attached hydrogen (secondary N) is 1. The van der Waals surface area contributed by atoms with Crippen molar-refractivity contribution in [3.63, 3.8) is 0 Å². The quantitative estimate of drug-likeness (QED) is 0.896. The second-order valence-corrected chi connectivity index (χ2v) is 3.89. The average Bonchev–Trinajstić information content (AvgIpc) is 2.24. The first-order valence-corrected chi connectivity index (χ1v) is 5.18. The minimum Gasteiger partial charge on any atom is -0.338 e. The number of para-hydroxylation sites is 1. The molecule has 0 aliphatic heterocycles. The molecular formula is C11H8BrFN2. The molecule has 0 fully saturated rings. The third-order valence-electron chi connectivity index (χ3n) is 1.84. The molecule has 2 aromatic rings. The van der Waals surface area contributed by atoms with E-state index < -0.39 is 0 Å². The maximum absolute atomic E-state index is 13.4. The number of aromatic nitrogens is 1. The van der Waals surface area contributed by atoms with Gasteiger partial charge in [0.15, 0.2) is 11.6 Å². The second-order valence-electron chi connectivity index (χ2n) is 2.97. The number of hydrogen-bond acceptors (Lipinski definition) is 2. The highest BCUT2D eigenvalue weighted by molar-refractivity contribution is 9.10.